The lowest BCUT2D eigenvalue weighted by molar-refractivity contribution is 0.436. The van der Waals surface area contributed by atoms with Crippen LogP contribution in [0.3, 0.4) is 0 Å². The predicted octanol–water partition coefficient (Wildman–Crippen LogP) is 2.12. The summed E-state index contributed by atoms with van der Waals surface area (Å²) in [5.41, 5.74) is 3.38. The second-order valence-corrected chi connectivity index (χ2v) is 9.74. The van der Waals surface area contributed by atoms with E-state index in [0.29, 0.717) is 5.37 Å². The highest BCUT2D eigenvalue weighted by Gasteiger charge is 2.10. The molecule has 12 heavy (non-hydrogen) atoms. The molecule has 0 aromatic rings. The molecule has 3 heteroatoms. The fraction of sp³-hybridized carbons (Fsp3) is 0.778. The summed E-state index contributed by atoms with van der Waals surface area (Å²) < 4.78 is 0. The summed E-state index contributed by atoms with van der Waals surface area (Å²) in [5, 5.41) is 0.358. The Bertz CT molecular complexity index is 185. The maximum absolute atomic E-state index is 3.38. The monoisotopic (exact) mass is 201 g/mol. The summed E-state index contributed by atoms with van der Waals surface area (Å²) in [6, 6.07) is 0. The molecule has 1 unspecified atom stereocenters. The average Bonchev–Trinajstić information content (AvgIpc) is 1.85. The first-order valence-electron chi connectivity index (χ1n) is 4.09. The highest BCUT2D eigenvalue weighted by molar-refractivity contribution is 7.99. The van der Waals surface area contributed by atoms with Crippen LogP contribution in [0.15, 0.2) is 0 Å². The van der Waals surface area contributed by atoms with E-state index >= 15 is 0 Å². The van der Waals surface area contributed by atoms with Gasteiger partial charge in [-0.2, -0.15) is 0 Å². The van der Waals surface area contributed by atoms with Gasteiger partial charge in [0.15, 0.2) is 0 Å². The van der Waals surface area contributed by atoms with E-state index in [1.165, 1.54) is 0 Å². The van der Waals surface area contributed by atoms with Crippen LogP contribution in [0, 0.1) is 11.5 Å². The molecule has 1 nitrogen and oxygen atoms in total. The van der Waals surface area contributed by atoms with Crippen LogP contribution in [0.2, 0.25) is 19.6 Å². The molecule has 0 fully saturated rings. The van der Waals surface area contributed by atoms with Gasteiger partial charge in [0.05, 0.1) is 0 Å². The number of rotatable bonds is 2. The van der Waals surface area contributed by atoms with Crippen molar-refractivity contribution in [2.24, 2.45) is 0 Å². The van der Waals surface area contributed by atoms with Gasteiger partial charge in [-0.3, -0.25) is 4.90 Å². The fourth-order valence-electron chi connectivity index (χ4n) is 0.677. The van der Waals surface area contributed by atoms with Gasteiger partial charge in [0.1, 0.15) is 13.4 Å². The molecule has 0 saturated carbocycles. The van der Waals surface area contributed by atoms with E-state index in [1.807, 2.05) is 0 Å². The molecule has 0 aliphatic heterocycles. The van der Waals surface area contributed by atoms with E-state index < -0.39 is 8.07 Å². The molecule has 0 saturated heterocycles. The lowest BCUT2D eigenvalue weighted by atomic mass is 10.6. The van der Waals surface area contributed by atoms with Gasteiger partial charge in [-0.25, -0.2) is 0 Å². The molecule has 0 rings (SSSR count). The minimum absolute atomic E-state index is 0.358. The molecule has 0 heterocycles. The summed E-state index contributed by atoms with van der Waals surface area (Å²) in [5.74, 6) is 3.31. The third-order valence-corrected chi connectivity index (χ3v) is 3.14. The van der Waals surface area contributed by atoms with E-state index in [2.05, 4.69) is 56.4 Å². The molecule has 1 atom stereocenters. The highest BCUT2D eigenvalue weighted by Crippen LogP contribution is 2.08. The van der Waals surface area contributed by atoms with Crippen LogP contribution in [-0.2, 0) is 0 Å². The lowest BCUT2D eigenvalue weighted by Gasteiger charge is -2.16. The third kappa shape index (κ3) is 5.70. The lowest BCUT2D eigenvalue weighted by Crippen LogP contribution is -2.24. The van der Waals surface area contributed by atoms with Crippen LogP contribution in [-0.4, -0.2) is 38.7 Å². The fourth-order valence-corrected chi connectivity index (χ4v) is 1.95. The van der Waals surface area contributed by atoms with Gasteiger partial charge in [0, 0.05) is 0 Å². The SMILES string of the molecule is CSC(C#C[Si](C)(C)C)N(C)C. The Labute approximate surface area is 81.9 Å². The van der Waals surface area contributed by atoms with Gasteiger partial charge in [0.25, 0.3) is 0 Å². The topological polar surface area (TPSA) is 3.24 Å². The van der Waals surface area contributed by atoms with E-state index in [-0.39, 0.29) is 0 Å². The Morgan fingerprint density at radius 2 is 1.75 bits per heavy atom. The number of nitrogens with zero attached hydrogens (tertiary/aromatic N) is 1. The molecule has 70 valence electrons. The molecule has 0 aliphatic carbocycles. The van der Waals surface area contributed by atoms with Crippen molar-refractivity contribution in [2.75, 3.05) is 20.4 Å². The standard InChI is InChI=1S/C9H19NSSi/c1-10(2)9(11-3)7-8-12(4,5)6/h9H,1-6H3. The van der Waals surface area contributed by atoms with Crippen LogP contribution in [0.25, 0.3) is 0 Å². The first-order chi connectivity index (χ1) is 5.37. The normalized spacial score (nSPS) is 13.9. The maximum Gasteiger partial charge on any atom is 0.129 e. The number of hydrogen-bond acceptors (Lipinski definition) is 2. The van der Waals surface area contributed by atoms with Crippen molar-refractivity contribution >= 4 is 19.8 Å². The Kier molecular flexibility index (Phi) is 4.99. The minimum Gasteiger partial charge on any atom is -0.288 e. The smallest absolute Gasteiger partial charge is 0.129 e. The molecular formula is C9H19NSSi. The quantitative estimate of drug-likeness (QED) is 0.382. The van der Waals surface area contributed by atoms with Crippen molar-refractivity contribution in [3.05, 3.63) is 0 Å². The largest absolute Gasteiger partial charge is 0.288 e. The maximum atomic E-state index is 3.38. The van der Waals surface area contributed by atoms with E-state index in [4.69, 9.17) is 0 Å². The summed E-state index contributed by atoms with van der Waals surface area (Å²) in [4.78, 5) is 2.15. The molecule has 0 spiro atoms. The van der Waals surface area contributed by atoms with Crippen molar-refractivity contribution in [3.8, 4) is 11.5 Å². The van der Waals surface area contributed by atoms with Crippen LogP contribution in [0.1, 0.15) is 0 Å². The van der Waals surface area contributed by atoms with Crippen molar-refractivity contribution < 1.29 is 0 Å². The molecule has 0 aromatic heterocycles. The van der Waals surface area contributed by atoms with Crippen LogP contribution < -0.4 is 0 Å². The Hall–Kier alpha value is 0.0869. The molecule has 0 N–H and O–H groups in total. The summed E-state index contributed by atoms with van der Waals surface area (Å²) in [6.07, 6.45) is 2.10. The average molecular weight is 201 g/mol. The Morgan fingerprint density at radius 1 is 1.25 bits per heavy atom. The first-order valence-corrected chi connectivity index (χ1v) is 8.87. The van der Waals surface area contributed by atoms with Gasteiger partial charge in [0.2, 0.25) is 0 Å². The van der Waals surface area contributed by atoms with Crippen molar-refractivity contribution in [3.63, 3.8) is 0 Å². The van der Waals surface area contributed by atoms with Gasteiger partial charge < -0.3 is 0 Å². The van der Waals surface area contributed by atoms with Crippen molar-refractivity contribution in [1.82, 2.24) is 4.90 Å². The van der Waals surface area contributed by atoms with E-state index in [0.717, 1.165) is 0 Å². The number of thioether (sulfide) groups is 1. The zero-order valence-electron chi connectivity index (χ0n) is 8.93. The van der Waals surface area contributed by atoms with Crippen molar-refractivity contribution in [1.29, 1.82) is 0 Å². The summed E-state index contributed by atoms with van der Waals surface area (Å²) in [6.45, 7) is 6.81. The highest BCUT2D eigenvalue weighted by atomic mass is 32.2. The zero-order chi connectivity index (χ0) is 9.78. The van der Waals surface area contributed by atoms with Crippen LogP contribution in [0.5, 0.6) is 0 Å². The summed E-state index contributed by atoms with van der Waals surface area (Å²) in [7, 11) is 2.96. The molecule has 0 aromatic carbocycles. The molecular weight excluding hydrogens is 182 g/mol. The molecule has 0 amide bonds. The van der Waals surface area contributed by atoms with Gasteiger partial charge in [-0.15, -0.1) is 17.3 Å². The predicted molar refractivity (Wildman–Crippen MR) is 62.1 cm³/mol. The van der Waals surface area contributed by atoms with Crippen LogP contribution in [0.4, 0.5) is 0 Å². The second kappa shape index (κ2) is 4.96. The Morgan fingerprint density at radius 3 is 2.00 bits per heavy atom. The van der Waals surface area contributed by atoms with Gasteiger partial charge in [-0.1, -0.05) is 25.6 Å². The minimum atomic E-state index is -1.18. The van der Waals surface area contributed by atoms with Crippen molar-refractivity contribution in [2.45, 2.75) is 25.0 Å². The molecule has 0 aliphatic rings. The number of hydrogen-bond donors (Lipinski definition) is 0. The van der Waals surface area contributed by atoms with Crippen LogP contribution >= 0.6 is 11.8 Å². The van der Waals surface area contributed by atoms with E-state index in [9.17, 15) is 0 Å². The van der Waals surface area contributed by atoms with Gasteiger partial charge >= 0.3 is 0 Å². The summed E-state index contributed by atoms with van der Waals surface area (Å²) >= 11 is 1.79. The third-order valence-electron chi connectivity index (χ3n) is 1.26. The molecule has 0 bridgehead atoms. The first kappa shape index (κ1) is 12.1. The second-order valence-electron chi connectivity index (χ2n) is 4.07. The van der Waals surface area contributed by atoms with Gasteiger partial charge in [-0.05, 0) is 20.4 Å². The van der Waals surface area contributed by atoms with E-state index in [1.54, 1.807) is 11.8 Å². The Balaban J connectivity index is 4.25. The zero-order valence-corrected chi connectivity index (χ0v) is 10.7. The molecule has 0 radical (unpaired) electrons.